The Bertz CT molecular complexity index is 422. The molecule has 0 aromatic heterocycles. The average Bonchev–Trinajstić information content (AvgIpc) is 2.56. The fourth-order valence-corrected chi connectivity index (χ4v) is 4.53. The van der Waals surface area contributed by atoms with Crippen LogP contribution >= 0.6 is 0 Å². The third kappa shape index (κ3) is 1.56. The summed E-state index contributed by atoms with van der Waals surface area (Å²) in [6.45, 7) is 6.30. The molecule has 0 aromatic carbocycles. The number of fused-ring (bicyclic) bond motifs is 2. The molecule has 0 unspecified atom stereocenters. The minimum Gasteiger partial charge on any atom is -0.279 e. The van der Waals surface area contributed by atoms with Crippen LogP contribution in [0.3, 0.4) is 0 Å². The highest BCUT2D eigenvalue weighted by Crippen LogP contribution is 2.60. The molecule has 2 saturated carbocycles. The molecule has 3 fully saturated rings. The van der Waals surface area contributed by atoms with E-state index in [4.69, 9.17) is 0 Å². The lowest BCUT2D eigenvalue weighted by molar-refractivity contribution is -0.171. The second-order valence-electron chi connectivity index (χ2n) is 7.45. The molecule has 1 aliphatic heterocycles. The number of carbonyl (C=O) groups excluding carboxylic acids is 2. The first-order valence-corrected chi connectivity index (χ1v) is 7.77. The van der Waals surface area contributed by atoms with Gasteiger partial charge in [0.2, 0.25) is 11.8 Å². The number of rotatable bonds is 1. The number of hydrogen-bond donors (Lipinski definition) is 0. The van der Waals surface area contributed by atoms with Gasteiger partial charge in [0.15, 0.2) is 0 Å². The van der Waals surface area contributed by atoms with E-state index in [1.165, 1.54) is 6.42 Å². The van der Waals surface area contributed by atoms with E-state index >= 15 is 0 Å². The van der Waals surface area contributed by atoms with E-state index in [1.54, 1.807) is 4.90 Å². The van der Waals surface area contributed by atoms with E-state index in [9.17, 15) is 9.59 Å². The van der Waals surface area contributed by atoms with Gasteiger partial charge in [0.05, 0.1) is 5.41 Å². The van der Waals surface area contributed by atoms with Crippen LogP contribution in [0.2, 0.25) is 0 Å². The summed E-state index contributed by atoms with van der Waals surface area (Å²) in [6.07, 6.45) is 7.36. The van der Waals surface area contributed by atoms with Crippen molar-refractivity contribution >= 4 is 11.8 Å². The fourth-order valence-electron chi connectivity index (χ4n) is 4.53. The predicted octanol–water partition coefficient (Wildman–Crippen LogP) is 3.13. The Labute approximate surface area is 115 Å². The molecule has 0 aromatic rings. The monoisotopic (exact) mass is 263 g/mol. The first-order chi connectivity index (χ1) is 8.89. The molecule has 3 aliphatic rings. The van der Waals surface area contributed by atoms with E-state index in [2.05, 4.69) is 20.8 Å². The van der Waals surface area contributed by atoms with Gasteiger partial charge in [0, 0.05) is 12.0 Å². The Balaban J connectivity index is 1.96. The maximum absolute atomic E-state index is 12.9. The molecule has 3 nitrogen and oxygen atoms in total. The van der Waals surface area contributed by atoms with Crippen LogP contribution in [0.4, 0.5) is 0 Å². The quantitative estimate of drug-likeness (QED) is 0.682. The first kappa shape index (κ1) is 13.1. The molecule has 2 amide bonds. The lowest BCUT2D eigenvalue weighted by Crippen LogP contribution is -2.61. The average molecular weight is 263 g/mol. The number of amides is 2. The predicted molar refractivity (Wildman–Crippen MR) is 73.3 cm³/mol. The molecule has 106 valence electrons. The second kappa shape index (κ2) is 4.07. The lowest BCUT2D eigenvalue weighted by Gasteiger charge is -2.50. The maximum atomic E-state index is 12.9. The highest BCUT2D eigenvalue weighted by molar-refractivity contribution is 6.04. The van der Waals surface area contributed by atoms with Crippen molar-refractivity contribution in [2.24, 2.45) is 16.7 Å². The number of carbonyl (C=O) groups is 2. The minimum atomic E-state index is -0.330. The normalized spacial score (nSPS) is 38.9. The summed E-state index contributed by atoms with van der Waals surface area (Å²) in [5.74, 6) is 0.289. The Morgan fingerprint density at radius 3 is 2.26 bits per heavy atom. The van der Waals surface area contributed by atoms with Gasteiger partial charge in [0.1, 0.15) is 0 Å². The highest BCUT2D eigenvalue weighted by atomic mass is 16.2. The standard InChI is InChI=1S/C16H25NO2/c1-15(2)12-9-10-16(15,3)14(19)17(13(12)18)11-7-5-4-6-8-11/h11-12H,4-10H2,1-3H3/t12-,16-/m0/s1. The van der Waals surface area contributed by atoms with Crippen molar-refractivity contribution in [3.05, 3.63) is 0 Å². The molecule has 3 rings (SSSR count). The molecule has 3 heteroatoms. The highest BCUT2D eigenvalue weighted by Gasteiger charge is 2.65. The Morgan fingerprint density at radius 2 is 1.63 bits per heavy atom. The smallest absolute Gasteiger partial charge is 0.235 e. The van der Waals surface area contributed by atoms with Crippen LogP contribution in [0.5, 0.6) is 0 Å². The van der Waals surface area contributed by atoms with Crippen molar-refractivity contribution in [3.8, 4) is 0 Å². The van der Waals surface area contributed by atoms with Gasteiger partial charge in [-0.3, -0.25) is 14.5 Å². The maximum Gasteiger partial charge on any atom is 0.235 e. The molecule has 2 bridgehead atoms. The molecule has 1 heterocycles. The van der Waals surface area contributed by atoms with Gasteiger partial charge in [0.25, 0.3) is 0 Å². The summed E-state index contributed by atoms with van der Waals surface area (Å²) in [6, 6.07) is 0.185. The second-order valence-corrected chi connectivity index (χ2v) is 7.45. The summed E-state index contributed by atoms with van der Waals surface area (Å²) in [7, 11) is 0. The van der Waals surface area contributed by atoms with Gasteiger partial charge in [-0.1, -0.05) is 40.0 Å². The van der Waals surface area contributed by atoms with Crippen LogP contribution in [0.25, 0.3) is 0 Å². The van der Waals surface area contributed by atoms with Gasteiger partial charge < -0.3 is 0 Å². The van der Waals surface area contributed by atoms with Crippen molar-refractivity contribution in [1.29, 1.82) is 0 Å². The topological polar surface area (TPSA) is 37.4 Å². The summed E-state index contributed by atoms with van der Waals surface area (Å²) >= 11 is 0. The third-order valence-electron chi connectivity index (χ3n) is 6.39. The van der Waals surface area contributed by atoms with Crippen molar-refractivity contribution in [2.75, 3.05) is 0 Å². The first-order valence-electron chi connectivity index (χ1n) is 7.77. The van der Waals surface area contributed by atoms with E-state index in [0.717, 1.165) is 38.5 Å². The van der Waals surface area contributed by atoms with Gasteiger partial charge >= 0.3 is 0 Å². The molecular weight excluding hydrogens is 238 g/mol. The molecule has 2 aliphatic carbocycles. The molecule has 2 atom stereocenters. The Hall–Kier alpha value is -0.860. The van der Waals surface area contributed by atoms with Gasteiger partial charge in [-0.2, -0.15) is 0 Å². The molecular formula is C16H25NO2. The number of hydrogen-bond acceptors (Lipinski definition) is 2. The van der Waals surface area contributed by atoms with Crippen LogP contribution in [0.15, 0.2) is 0 Å². The van der Waals surface area contributed by atoms with Gasteiger partial charge in [-0.15, -0.1) is 0 Å². The van der Waals surface area contributed by atoms with Crippen LogP contribution in [0, 0.1) is 16.7 Å². The van der Waals surface area contributed by atoms with Gasteiger partial charge in [-0.05, 0) is 31.1 Å². The zero-order valence-electron chi connectivity index (χ0n) is 12.4. The van der Waals surface area contributed by atoms with E-state index in [-0.39, 0.29) is 34.6 Å². The van der Waals surface area contributed by atoms with E-state index in [0.29, 0.717) is 0 Å². The zero-order valence-corrected chi connectivity index (χ0v) is 12.4. The summed E-state index contributed by atoms with van der Waals surface area (Å²) in [5.41, 5.74) is -0.505. The van der Waals surface area contributed by atoms with Crippen LogP contribution in [-0.2, 0) is 9.59 Å². The zero-order chi connectivity index (χ0) is 13.8. The Kier molecular flexibility index (Phi) is 2.81. The Morgan fingerprint density at radius 1 is 1.00 bits per heavy atom. The van der Waals surface area contributed by atoms with Crippen molar-refractivity contribution in [3.63, 3.8) is 0 Å². The molecule has 0 radical (unpaired) electrons. The van der Waals surface area contributed by atoms with Crippen LogP contribution in [-0.4, -0.2) is 22.8 Å². The third-order valence-corrected chi connectivity index (χ3v) is 6.39. The molecule has 0 spiro atoms. The fraction of sp³-hybridized carbons (Fsp3) is 0.875. The van der Waals surface area contributed by atoms with Crippen molar-refractivity contribution < 1.29 is 9.59 Å². The minimum absolute atomic E-state index is 0.0529. The summed E-state index contributed by atoms with van der Waals surface area (Å²) in [5, 5.41) is 0. The van der Waals surface area contributed by atoms with E-state index < -0.39 is 0 Å². The van der Waals surface area contributed by atoms with E-state index in [1.807, 2.05) is 0 Å². The molecule has 1 saturated heterocycles. The number of imide groups is 1. The summed E-state index contributed by atoms with van der Waals surface area (Å²) < 4.78 is 0. The largest absolute Gasteiger partial charge is 0.279 e. The van der Waals surface area contributed by atoms with Crippen LogP contribution < -0.4 is 0 Å². The summed E-state index contributed by atoms with van der Waals surface area (Å²) in [4.78, 5) is 27.4. The molecule has 19 heavy (non-hydrogen) atoms. The molecule has 0 N–H and O–H groups in total. The van der Waals surface area contributed by atoms with Crippen molar-refractivity contribution in [1.82, 2.24) is 4.90 Å². The lowest BCUT2D eigenvalue weighted by atomic mass is 9.62. The SMILES string of the molecule is CC1(C)[C@H]2CC[C@@]1(C)C(=O)N(C1CCCCC1)C2=O. The van der Waals surface area contributed by atoms with Gasteiger partial charge in [-0.25, -0.2) is 0 Å². The number of piperidine rings is 1. The number of nitrogens with zero attached hydrogens (tertiary/aromatic N) is 1. The van der Waals surface area contributed by atoms with Crippen LogP contribution in [0.1, 0.15) is 65.7 Å². The van der Waals surface area contributed by atoms with Crippen molar-refractivity contribution in [2.45, 2.75) is 71.8 Å². The number of likely N-dealkylation sites (tertiary alicyclic amines) is 1.